The molecule has 1 saturated heterocycles. The van der Waals surface area contributed by atoms with Gasteiger partial charge in [0.25, 0.3) is 5.91 Å². The van der Waals surface area contributed by atoms with Gasteiger partial charge in [-0.1, -0.05) is 18.2 Å². The third kappa shape index (κ3) is 5.39. The summed E-state index contributed by atoms with van der Waals surface area (Å²) in [7, 11) is 0. The van der Waals surface area contributed by atoms with Crippen LogP contribution in [0.25, 0.3) is 0 Å². The van der Waals surface area contributed by atoms with Crippen LogP contribution < -0.4 is 10.1 Å². The lowest BCUT2D eigenvalue weighted by atomic mass is 10.1. The van der Waals surface area contributed by atoms with Gasteiger partial charge in [0.1, 0.15) is 11.9 Å². The van der Waals surface area contributed by atoms with Gasteiger partial charge >= 0.3 is 0 Å². The molecule has 1 N–H and O–H groups in total. The van der Waals surface area contributed by atoms with Crippen molar-refractivity contribution in [2.75, 3.05) is 31.6 Å². The van der Waals surface area contributed by atoms with Crippen molar-refractivity contribution in [2.24, 2.45) is 0 Å². The standard InChI is InChI=1S/C23H26N4O3S/c1-15-11-18(26-23-25-16(2)17(3)31-23)12-20(24-15)21-13-27(9-10-29-21)22(28)14-30-19-7-5-4-6-8-19/h4-8,11-12,21H,9-10,13-14H2,1-3H3,(H,24,25,26). The largest absolute Gasteiger partial charge is 0.484 e. The predicted molar refractivity (Wildman–Crippen MR) is 121 cm³/mol. The molecule has 7 nitrogen and oxygen atoms in total. The van der Waals surface area contributed by atoms with Crippen LogP contribution in [0.5, 0.6) is 5.75 Å². The van der Waals surface area contributed by atoms with Crippen molar-refractivity contribution >= 4 is 28.1 Å². The summed E-state index contributed by atoms with van der Waals surface area (Å²) in [6.45, 7) is 7.48. The number of morpholine rings is 1. The number of nitrogens with zero attached hydrogens (tertiary/aromatic N) is 3. The molecule has 3 heterocycles. The van der Waals surface area contributed by atoms with Gasteiger partial charge in [0.2, 0.25) is 0 Å². The Bertz CT molecular complexity index is 1030. The first-order valence-electron chi connectivity index (χ1n) is 10.2. The molecule has 1 aromatic carbocycles. The van der Waals surface area contributed by atoms with Gasteiger partial charge in [0.05, 0.1) is 24.5 Å². The molecule has 1 amide bonds. The number of carbonyl (C=O) groups excluding carboxylic acids is 1. The minimum absolute atomic E-state index is 0.00747. The average molecular weight is 439 g/mol. The van der Waals surface area contributed by atoms with E-state index in [0.29, 0.717) is 25.4 Å². The summed E-state index contributed by atoms with van der Waals surface area (Å²) in [4.78, 5) is 24.8. The molecule has 1 unspecified atom stereocenters. The zero-order valence-electron chi connectivity index (χ0n) is 17.9. The van der Waals surface area contributed by atoms with E-state index in [2.05, 4.69) is 22.2 Å². The highest BCUT2D eigenvalue weighted by molar-refractivity contribution is 7.15. The van der Waals surface area contributed by atoms with E-state index in [1.165, 1.54) is 4.88 Å². The highest BCUT2D eigenvalue weighted by Gasteiger charge is 2.27. The van der Waals surface area contributed by atoms with Crippen molar-refractivity contribution in [3.8, 4) is 5.75 Å². The van der Waals surface area contributed by atoms with E-state index in [1.807, 2.05) is 56.3 Å². The number of ether oxygens (including phenoxy) is 2. The molecule has 1 fully saturated rings. The second-order valence-corrected chi connectivity index (χ2v) is 8.71. The molecule has 0 bridgehead atoms. The Kier molecular flexibility index (Phi) is 6.48. The van der Waals surface area contributed by atoms with Crippen LogP contribution in [0.1, 0.15) is 28.1 Å². The predicted octanol–water partition coefficient (Wildman–Crippen LogP) is 4.19. The van der Waals surface area contributed by atoms with Gasteiger partial charge in [0.15, 0.2) is 11.7 Å². The molecule has 2 aromatic heterocycles. The number of pyridine rings is 1. The Hall–Kier alpha value is -2.97. The average Bonchev–Trinajstić information content (AvgIpc) is 3.09. The van der Waals surface area contributed by atoms with Crippen LogP contribution in [-0.2, 0) is 9.53 Å². The molecule has 0 aliphatic carbocycles. The molecule has 162 valence electrons. The van der Waals surface area contributed by atoms with Gasteiger partial charge in [-0.2, -0.15) is 0 Å². The number of para-hydroxylation sites is 1. The number of carbonyl (C=O) groups is 1. The Morgan fingerprint density at radius 1 is 1.23 bits per heavy atom. The van der Waals surface area contributed by atoms with Gasteiger partial charge in [-0.25, -0.2) is 4.98 Å². The van der Waals surface area contributed by atoms with Crippen molar-refractivity contribution in [1.82, 2.24) is 14.9 Å². The fraction of sp³-hybridized carbons (Fsp3) is 0.348. The highest BCUT2D eigenvalue weighted by atomic mass is 32.1. The van der Waals surface area contributed by atoms with E-state index in [1.54, 1.807) is 16.2 Å². The lowest BCUT2D eigenvalue weighted by Crippen LogP contribution is -2.44. The topological polar surface area (TPSA) is 76.6 Å². The van der Waals surface area contributed by atoms with Crippen LogP contribution in [0.2, 0.25) is 0 Å². The molecule has 4 rings (SSSR count). The second kappa shape index (κ2) is 9.45. The van der Waals surface area contributed by atoms with Gasteiger partial charge in [0, 0.05) is 22.8 Å². The Labute approximate surface area is 186 Å². The maximum absolute atomic E-state index is 12.7. The molecule has 31 heavy (non-hydrogen) atoms. The van der Waals surface area contributed by atoms with Crippen molar-refractivity contribution in [3.05, 3.63) is 64.4 Å². The number of anilines is 2. The summed E-state index contributed by atoms with van der Waals surface area (Å²) in [5, 5.41) is 4.22. The van der Waals surface area contributed by atoms with E-state index in [9.17, 15) is 4.79 Å². The van der Waals surface area contributed by atoms with Crippen LogP contribution in [0.15, 0.2) is 42.5 Å². The van der Waals surface area contributed by atoms with E-state index in [0.717, 1.165) is 27.9 Å². The van der Waals surface area contributed by atoms with Crippen molar-refractivity contribution in [2.45, 2.75) is 26.9 Å². The maximum Gasteiger partial charge on any atom is 0.260 e. The number of hydrogen-bond donors (Lipinski definition) is 1. The maximum atomic E-state index is 12.7. The molecular weight excluding hydrogens is 412 g/mol. The minimum atomic E-state index is -0.283. The monoisotopic (exact) mass is 438 g/mol. The summed E-state index contributed by atoms with van der Waals surface area (Å²) >= 11 is 1.62. The van der Waals surface area contributed by atoms with Gasteiger partial charge < -0.3 is 19.7 Å². The summed E-state index contributed by atoms with van der Waals surface area (Å²) in [5.74, 6) is 0.626. The fourth-order valence-electron chi connectivity index (χ4n) is 3.39. The zero-order valence-corrected chi connectivity index (χ0v) is 18.7. The number of aryl methyl sites for hydroxylation is 3. The molecule has 0 spiro atoms. The normalized spacial score (nSPS) is 16.2. The molecule has 1 aliphatic heterocycles. The number of thiazole rings is 1. The second-order valence-electron chi connectivity index (χ2n) is 7.51. The first-order valence-corrected chi connectivity index (χ1v) is 11.1. The molecule has 1 atom stereocenters. The summed E-state index contributed by atoms with van der Waals surface area (Å²) in [6.07, 6.45) is -0.283. The van der Waals surface area contributed by atoms with Crippen LogP contribution in [0, 0.1) is 20.8 Å². The number of benzene rings is 1. The van der Waals surface area contributed by atoms with Crippen LogP contribution in [0.4, 0.5) is 10.8 Å². The SMILES string of the molecule is Cc1cc(Nc2nc(C)c(C)s2)cc(C2CN(C(=O)COc3ccccc3)CCO2)n1. The van der Waals surface area contributed by atoms with Crippen molar-refractivity contribution in [3.63, 3.8) is 0 Å². The van der Waals surface area contributed by atoms with E-state index in [4.69, 9.17) is 9.47 Å². The highest BCUT2D eigenvalue weighted by Crippen LogP contribution is 2.28. The Morgan fingerprint density at radius 3 is 2.77 bits per heavy atom. The molecule has 1 aliphatic rings. The third-order valence-corrected chi connectivity index (χ3v) is 6.10. The number of amides is 1. The van der Waals surface area contributed by atoms with E-state index in [-0.39, 0.29) is 18.6 Å². The number of rotatable bonds is 6. The molecule has 0 saturated carbocycles. The third-order valence-electron chi connectivity index (χ3n) is 5.11. The molecular formula is C23H26N4O3S. The quantitative estimate of drug-likeness (QED) is 0.622. The van der Waals surface area contributed by atoms with Gasteiger partial charge in [-0.05, 0) is 45.0 Å². The van der Waals surface area contributed by atoms with Crippen LogP contribution in [0.3, 0.4) is 0 Å². The fourth-order valence-corrected chi connectivity index (χ4v) is 4.22. The zero-order chi connectivity index (χ0) is 21.8. The van der Waals surface area contributed by atoms with Crippen molar-refractivity contribution < 1.29 is 14.3 Å². The van der Waals surface area contributed by atoms with E-state index >= 15 is 0 Å². The van der Waals surface area contributed by atoms with Crippen LogP contribution >= 0.6 is 11.3 Å². The smallest absolute Gasteiger partial charge is 0.260 e. The van der Waals surface area contributed by atoms with Gasteiger partial charge in [-0.15, -0.1) is 11.3 Å². The van der Waals surface area contributed by atoms with E-state index < -0.39 is 0 Å². The minimum Gasteiger partial charge on any atom is -0.484 e. The number of hydrogen-bond acceptors (Lipinski definition) is 7. The molecule has 3 aromatic rings. The Morgan fingerprint density at radius 2 is 2.03 bits per heavy atom. The molecule has 8 heteroatoms. The lowest BCUT2D eigenvalue weighted by molar-refractivity contribution is -0.141. The first-order chi connectivity index (χ1) is 15.0. The number of aromatic nitrogens is 2. The lowest BCUT2D eigenvalue weighted by Gasteiger charge is -2.32. The first kappa shape index (κ1) is 21.3. The molecule has 0 radical (unpaired) electrons. The summed E-state index contributed by atoms with van der Waals surface area (Å²) in [6, 6.07) is 13.3. The summed E-state index contributed by atoms with van der Waals surface area (Å²) < 4.78 is 11.6. The van der Waals surface area contributed by atoms with Crippen LogP contribution in [-0.4, -0.2) is 47.1 Å². The Balaban J connectivity index is 1.42. The van der Waals surface area contributed by atoms with Gasteiger partial charge in [-0.3, -0.25) is 9.78 Å². The summed E-state index contributed by atoms with van der Waals surface area (Å²) in [5.41, 5.74) is 3.62. The number of nitrogens with one attached hydrogen (secondary N) is 1. The van der Waals surface area contributed by atoms with Crippen molar-refractivity contribution in [1.29, 1.82) is 0 Å².